The number of aryl methyl sites for hydroxylation is 1. The van der Waals surface area contributed by atoms with Gasteiger partial charge in [0.2, 0.25) is 11.5 Å². The molecule has 0 aliphatic rings. The Balaban J connectivity index is 1.86. The number of H-pyrrole nitrogens is 1. The van der Waals surface area contributed by atoms with E-state index in [9.17, 15) is 9.59 Å². The van der Waals surface area contributed by atoms with Gasteiger partial charge < -0.3 is 10.3 Å². The van der Waals surface area contributed by atoms with E-state index in [1.54, 1.807) is 6.07 Å². The second-order valence-corrected chi connectivity index (χ2v) is 3.98. The zero-order valence-electron chi connectivity index (χ0n) is 9.85. The lowest BCUT2D eigenvalue weighted by Gasteiger charge is -2.04. The summed E-state index contributed by atoms with van der Waals surface area (Å²) in [7, 11) is 0. The van der Waals surface area contributed by atoms with Crippen LogP contribution in [0.3, 0.4) is 0 Å². The summed E-state index contributed by atoms with van der Waals surface area (Å²) in [4.78, 5) is 25.0. The number of rotatable bonds is 4. The number of pyridine rings is 1. The summed E-state index contributed by atoms with van der Waals surface area (Å²) in [5, 5.41) is 2.73. The van der Waals surface area contributed by atoms with E-state index < -0.39 is 0 Å². The first-order chi connectivity index (χ1) is 8.74. The van der Waals surface area contributed by atoms with E-state index in [1.165, 1.54) is 12.3 Å². The van der Waals surface area contributed by atoms with Crippen LogP contribution < -0.4 is 10.9 Å². The van der Waals surface area contributed by atoms with Crippen molar-refractivity contribution in [2.75, 3.05) is 5.32 Å². The molecular formula is C14H14N2O2. The monoisotopic (exact) mass is 242 g/mol. The zero-order chi connectivity index (χ0) is 12.8. The molecule has 2 rings (SSSR count). The first-order valence-corrected chi connectivity index (χ1v) is 5.76. The Bertz CT molecular complexity index is 555. The summed E-state index contributed by atoms with van der Waals surface area (Å²) in [6.07, 6.45) is 2.61. The Morgan fingerprint density at radius 3 is 2.56 bits per heavy atom. The van der Waals surface area contributed by atoms with Gasteiger partial charge in [0, 0.05) is 18.7 Å². The summed E-state index contributed by atoms with van der Waals surface area (Å²) in [6, 6.07) is 12.8. The molecule has 18 heavy (non-hydrogen) atoms. The topological polar surface area (TPSA) is 62.0 Å². The van der Waals surface area contributed by atoms with Crippen molar-refractivity contribution in [2.24, 2.45) is 0 Å². The Morgan fingerprint density at radius 2 is 1.89 bits per heavy atom. The average molecular weight is 242 g/mol. The Kier molecular flexibility index (Phi) is 3.91. The van der Waals surface area contributed by atoms with Gasteiger partial charge >= 0.3 is 0 Å². The predicted molar refractivity (Wildman–Crippen MR) is 70.5 cm³/mol. The fourth-order valence-corrected chi connectivity index (χ4v) is 1.61. The molecule has 4 heteroatoms. The van der Waals surface area contributed by atoms with Crippen molar-refractivity contribution >= 4 is 11.6 Å². The van der Waals surface area contributed by atoms with Crippen molar-refractivity contribution in [2.45, 2.75) is 12.8 Å². The van der Waals surface area contributed by atoms with Crippen LogP contribution in [0.5, 0.6) is 0 Å². The number of aromatic amines is 1. The summed E-state index contributed by atoms with van der Waals surface area (Å²) in [5.41, 5.74) is 1.55. The lowest BCUT2D eigenvalue weighted by Crippen LogP contribution is -2.13. The molecule has 0 aliphatic carbocycles. The first kappa shape index (κ1) is 12.1. The third kappa shape index (κ3) is 3.59. The van der Waals surface area contributed by atoms with E-state index in [4.69, 9.17) is 0 Å². The normalized spacial score (nSPS) is 10.0. The predicted octanol–water partition coefficient (Wildman–Crippen LogP) is 1.95. The number of carbonyl (C=O) groups excluding carboxylic acids is 1. The summed E-state index contributed by atoms with van der Waals surface area (Å²) in [5.74, 6) is -0.0640. The quantitative estimate of drug-likeness (QED) is 0.860. The van der Waals surface area contributed by atoms with Crippen molar-refractivity contribution in [1.82, 2.24) is 4.98 Å². The number of hydrogen-bond donors (Lipinski definition) is 2. The van der Waals surface area contributed by atoms with Crippen LogP contribution in [0.25, 0.3) is 0 Å². The zero-order valence-corrected chi connectivity index (χ0v) is 9.85. The van der Waals surface area contributed by atoms with Crippen LogP contribution in [0, 0.1) is 0 Å². The average Bonchev–Trinajstić information content (AvgIpc) is 2.40. The molecule has 92 valence electrons. The molecule has 0 bridgehead atoms. The Morgan fingerprint density at radius 1 is 1.11 bits per heavy atom. The molecule has 4 nitrogen and oxygen atoms in total. The van der Waals surface area contributed by atoms with Crippen LogP contribution in [0.2, 0.25) is 0 Å². The molecule has 1 amide bonds. The highest BCUT2D eigenvalue weighted by Gasteiger charge is 2.02. The van der Waals surface area contributed by atoms with Crippen LogP contribution >= 0.6 is 0 Å². The maximum Gasteiger partial charge on any atom is 0.248 e. The summed E-state index contributed by atoms with van der Waals surface area (Å²) < 4.78 is 0. The van der Waals surface area contributed by atoms with Crippen molar-refractivity contribution in [3.05, 3.63) is 64.6 Å². The van der Waals surface area contributed by atoms with Gasteiger partial charge in [-0.3, -0.25) is 9.59 Å². The molecule has 1 aromatic carbocycles. The first-order valence-electron chi connectivity index (χ1n) is 5.76. The molecule has 1 heterocycles. The highest BCUT2D eigenvalue weighted by atomic mass is 16.1. The van der Waals surface area contributed by atoms with Crippen molar-refractivity contribution < 1.29 is 4.79 Å². The van der Waals surface area contributed by atoms with Crippen LogP contribution in [0.15, 0.2) is 53.5 Å². The minimum atomic E-state index is -0.183. The van der Waals surface area contributed by atoms with Gasteiger partial charge in [0.15, 0.2) is 0 Å². The molecule has 0 saturated carbocycles. The largest absolute Gasteiger partial charge is 0.327 e. The van der Waals surface area contributed by atoms with Crippen molar-refractivity contribution in [1.29, 1.82) is 0 Å². The third-order valence-corrected chi connectivity index (χ3v) is 2.55. The molecule has 0 aliphatic heterocycles. The number of carbonyl (C=O) groups is 1. The highest BCUT2D eigenvalue weighted by Crippen LogP contribution is 2.05. The van der Waals surface area contributed by atoms with E-state index in [0.717, 1.165) is 5.56 Å². The van der Waals surface area contributed by atoms with E-state index in [1.807, 2.05) is 30.3 Å². The summed E-state index contributed by atoms with van der Waals surface area (Å²) in [6.45, 7) is 0. The van der Waals surface area contributed by atoms with Gasteiger partial charge in [-0.1, -0.05) is 30.3 Å². The SMILES string of the molecule is O=C(CCc1ccccc1)Nc1ccc(=O)[nH]c1. The van der Waals surface area contributed by atoms with Crippen molar-refractivity contribution in [3.8, 4) is 0 Å². The Labute approximate surface area is 105 Å². The van der Waals surface area contributed by atoms with Crippen LogP contribution in [0.4, 0.5) is 5.69 Å². The number of benzene rings is 1. The van der Waals surface area contributed by atoms with Gasteiger partial charge in [-0.15, -0.1) is 0 Å². The third-order valence-electron chi connectivity index (χ3n) is 2.55. The minimum Gasteiger partial charge on any atom is -0.327 e. The fourth-order valence-electron chi connectivity index (χ4n) is 1.61. The van der Waals surface area contributed by atoms with Crippen LogP contribution in [-0.2, 0) is 11.2 Å². The van der Waals surface area contributed by atoms with Crippen molar-refractivity contribution in [3.63, 3.8) is 0 Å². The van der Waals surface area contributed by atoms with E-state index in [0.29, 0.717) is 18.5 Å². The highest BCUT2D eigenvalue weighted by molar-refractivity contribution is 5.90. The molecule has 0 spiro atoms. The number of amides is 1. The van der Waals surface area contributed by atoms with E-state index >= 15 is 0 Å². The molecule has 2 N–H and O–H groups in total. The fraction of sp³-hybridized carbons (Fsp3) is 0.143. The smallest absolute Gasteiger partial charge is 0.248 e. The second kappa shape index (κ2) is 5.82. The maximum absolute atomic E-state index is 11.7. The van der Waals surface area contributed by atoms with Gasteiger partial charge in [0.05, 0.1) is 5.69 Å². The number of aromatic nitrogens is 1. The molecule has 0 fully saturated rings. The molecule has 0 radical (unpaired) electrons. The number of hydrogen-bond acceptors (Lipinski definition) is 2. The standard InChI is InChI=1S/C14H14N2O2/c17-13-9-7-12(10-15-13)16-14(18)8-6-11-4-2-1-3-5-11/h1-5,7,9-10H,6,8H2,(H,15,17)(H,16,18). The lowest BCUT2D eigenvalue weighted by atomic mass is 10.1. The van der Waals surface area contributed by atoms with Crippen LogP contribution in [0.1, 0.15) is 12.0 Å². The van der Waals surface area contributed by atoms with Gasteiger partial charge in [0.1, 0.15) is 0 Å². The van der Waals surface area contributed by atoms with Gasteiger partial charge in [-0.25, -0.2) is 0 Å². The van der Waals surface area contributed by atoms with Gasteiger partial charge in [-0.05, 0) is 18.1 Å². The molecule has 2 aromatic rings. The van der Waals surface area contributed by atoms with E-state index in [2.05, 4.69) is 10.3 Å². The summed E-state index contributed by atoms with van der Waals surface area (Å²) >= 11 is 0. The number of anilines is 1. The van der Waals surface area contributed by atoms with E-state index in [-0.39, 0.29) is 11.5 Å². The minimum absolute atomic E-state index is 0.0640. The second-order valence-electron chi connectivity index (χ2n) is 3.98. The Hall–Kier alpha value is -2.36. The maximum atomic E-state index is 11.7. The molecular weight excluding hydrogens is 228 g/mol. The van der Waals surface area contributed by atoms with Gasteiger partial charge in [-0.2, -0.15) is 0 Å². The number of nitrogens with one attached hydrogen (secondary N) is 2. The van der Waals surface area contributed by atoms with Crippen LogP contribution in [-0.4, -0.2) is 10.9 Å². The molecule has 0 atom stereocenters. The lowest BCUT2D eigenvalue weighted by molar-refractivity contribution is -0.116. The molecule has 0 saturated heterocycles. The molecule has 1 aromatic heterocycles. The van der Waals surface area contributed by atoms with Gasteiger partial charge in [0.25, 0.3) is 0 Å². The molecule has 0 unspecified atom stereocenters.